The Morgan fingerprint density at radius 3 is 2.81 bits per heavy atom. The van der Waals surface area contributed by atoms with Crippen LogP contribution in [0, 0.1) is 0 Å². The molecule has 116 valence electrons. The van der Waals surface area contributed by atoms with Crippen LogP contribution in [-0.4, -0.2) is 43.3 Å². The first-order valence-corrected chi connectivity index (χ1v) is 8.33. The molecule has 2 heterocycles. The van der Waals surface area contributed by atoms with Gasteiger partial charge in [-0.2, -0.15) is 0 Å². The number of hydrogen-bond acceptors (Lipinski definition) is 3. The summed E-state index contributed by atoms with van der Waals surface area (Å²) < 4.78 is 5.86. The summed E-state index contributed by atoms with van der Waals surface area (Å²) in [6.07, 6.45) is 4.08. The predicted octanol–water partition coefficient (Wildman–Crippen LogP) is 2.76. The second kappa shape index (κ2) is 6.47. The van der Waals surface area contributed by atoms with Crippen LogP contribution >= 0.6 is 0 Å². The van der Waals surface area contributed by atoms with Gasteiger partial charge in [-0.15, -0.1) is 0 Å². The van der Waals surface area contributed by atoms with Crippen molar-refractivity contribution in [3.05, 3.63) is 35.9 Å². The highest BCUT2D eigenvalue weighted by Gasteiger charge is 2.34. The predicted molar refractivity (Wildman–Crippen MR) is 86.4 cm³/mol. The molecule has 3 nitrogen and oxygen atoms in total. The van der Waals surface area contributed by atoms with Gasteiger partial charge in [0.2, 0.25) is 0 Å². The molecule has 1 aromatic carbocycles. The van der Waals surface area contributed by atoms with Crippen LogP contribution in [0.4, 0.5) is 0 Å². The Kier molecular flexibility index (Phi) is 4.63. The van der Waals surface area contributed by atoms with E-state index >= 15 is 0 Å². The second-order valence-corrected chi connectivity index (χ2v) is 6.83. The van der Waals surface area contributed by atoms with Crippen LogP contribution in [0.25, 0.3) is 0 Å². The summed E-state index contributed by atoms with van der Waals surface area (Å²) in [4.78, 5) is 2.63. The number of hydrogen-bond donors (Lipinski definition) is 1. The quantitative estimate of drug-likeness (QED) is 0.925. The van der Waals surface area contributed by atoms with E-state index in [0.717, 1.165) is 26.2 Å². The lowest BCUT2D eigenvalue weighted by Crippen LogP contribution is -2.49. The minimum atomic E-state index is 0.0324. The van der Waals surface area contributed by atoms with E-state index in [4.69, 9.17) is 4.74 Å². The summed E-state index contributed by atoms with van der Waals surface area (Å²) in [6.45, 7) is 8.84. The molecule has 0 saturated carbocycles. The molecular formula is C18H28N2O. The van der Waals surface area contributed by atoms with Crippen molar-refractivity contribution in [3.63, 3.8) is 0 Å². The van der Waals surface area contributed by atoms with Crippen LogP contribution in [0.15, 0.2) is 30.3 Å². The molecule has 0 aromatic heterocycles. The maximum atomic E-state index is 5.86. The third kappa shape index (κ3) is 3.47. The van der Waals surface area contributed by atoms with E-state index in [2.05, 4.69) is 54.4 Å². The van der Waals surface area contributed by atoms with Crippen molar-refractivity contribution in [3.8, 4) is 0 Å². The Bertz CT molecular complexity index is 444. The summed E-state index contributed by atoms with van der Waals surface area (Å²) in [5.41, 5.74) is 1.42. The standard InChI is InChI=1S/C18H28N2O/c1-15-10-11-19-18(2,16-7-4-3-5-8-16)14-20(15)13-17-9-6-12-21-17/h3-5,7-8,15,17,19H,6,9-14H2,1-2H3. The molecule has 21 heavy (non-hydrogen) atoms. The van der Waals surface area contributed by atoms with E-state index in [0.29, 0.717) is 12.1 Å². The van der Waals surface area contributed by atoms with Crippen molar-refractivity contribution in [1.82, 2.24) is 10.2 Å². The summed E-state index contributed by atoms with van der Waals surface area (Å²) in [6, 6.07) is 11.5. The van der Waals surface area contributed by atoms with Crippen LogP contribution in [0.2, 0.25) is 0 Å². The van der Waals surface area contributed by atoms with Crippen LogP contribution in [0.1, 0.15) is 38.7 Å². The van der Waals surface area contributed by atoms with Crippen molar-refractivity contribution in [1.29, 1.82) is 0 Å². The van der Waals surface area contributed by atoms with E-state index in [1.165, 1.54) is 24.8 Å². The van der Waals surface area contributed by atoms with Gasteiger partial charge in [-0.25, -0.2) is 0 Å². The van der Waals surface area contributed by atoms with Crippen molar-refractivity contribution >= 4 is 0 Å². The SMILES string of the molecule is CC1CCNC(C)(c2ccccc2)CN1CC1CCCO1. The average molecular weight is 288 g/mol. The first kappa shape index (κ1) is 15.0. The molecule has 0 bridgehead atoms. The normalized spacial score (nSPS) is 34.8. The van der Waals surface area contributed by atoms with Gasteiger partial charge in [0.25, 0.3) is 0 Å². The Morgan fingerprint density at radius 1 is 1.29 bits per heavy atom. The summed E-state index contributed by atoms with van der Waals surface area (Å²) >= 11 is 0. The zero-order chi connectivity index (χ0) is 14.7. The molecular weight excluding hydrogens is 260 g/mol. The van der Waals surface area contributed by atoms with Gasteiger partial charge in [0.1, 0.15) is 0 Å². The molecule has 2 aliphatic rings. The lowest BCUT2D eigenvalue weighted by atomic mass is 9.91. The molecule has 3 heteroatoms. The van der Waals surface area contributed by atoms with Gasteiger partial charge in [0.15, 0.2) is 0 Å². The molecule has 2 saturated heterocycles. The van der Waals surface area contributed by atoms with Gasteiger partial charge >= 0.3 is 0 Å². The second-order valence-electron chi connectivity index (χ2n) is 6.83. The molecule has 3 unspecified atom stereocenters. The minimum Gasteiger partial charge on any atom is -0.377 e. The van der Waals surface area contributed by atoms with Gasteiger partial charge in [-0.05, 0) is 45.2 Å². The first-order chi connectivity index (χ1) is 10.2. The smallest absolute Gasteiger partial charge is 0.0702 e. The fourth-order valence-electron chi connectivity index (χ4n) is 3.65. The van der Waals surface area contributed by atoms with Crippen molar-refractivity contribution < 1.29 is 4.74 Å². The van der Waals surface area contributed by atoms with Crippen molar-refractivity contribution in [2.45, 2.75) is 50.8 Å². The van der Waals surface area contributed by atoms with Crippen molar-refractivity contribution in [2.24, 2.45) is 0 Å². The molecule has 1 aromatic rings. The van der Waals surface area contributed by atoms with Gasteiger partial charge in [-0.3, -0.25) is 4.90 Å². The highest BCUT2D eigenvalue weighted by molar-refractivity contribution is 5.24. The molecule has 2 aliphatic heterocycles. The fourth-order valence-corrected chi connectivity index (χ4v) is 3.65. The zero-order valence-electron chi connectivity index (χ0n) is 13.3. The molecule has 3 rings (SSSR count). The topological polar surface area (TPSA) is 24.5 Å². The monoisotopic (exact) mass is 288 g/mol. The van der Waals surface area contributed by atoms with E-state index in [-0.39, 0.29) is 5.54 Å². The van der Waals surface area contributed by atoms with Gasteiger partial charge in [0, 0.05) is 25.7 Å². The Hall–Kier alpha value is -0.900. The fraction of sp³-hybridized carbons (Fsp3) is 0.667. The summed E-state index contributed by atoms with van der Waals surface area (Å²) in [5.74, 6) is 0. The molecule has 3 atom stereocenters. The third-order valence-electron chi connectivity index (χ3n) is 5.09. The molecule has 0 amide bonds. The Balaban J connectivity index is 1.76. The molecule has 0 spiro atoms. The molecule has 2 fully saturated rings. The number of nitrogens with one attached hydrogen (secondary N) is 1. The zero-order valence-corrected chi connectivity index (χ0v) is 13.3. The van der Waals surface area contributed by atoms with Crippen LogP contribution < -0.4 is 5.32 Å². The van der Waals surface area contributed by atoms with Crippen LogP contribution in [0.5, 0.6) is 0 Å². The summed E-state index contributed by atoms with van der Waals surface area (Å²) in [5, 5.41) is 3.78. The highest BCUT2D eigenvalue weighted by Crippen LogP contribution is 2.27. The number of nitrogens with zero attached hydrogens (tertiary/aromatic N) is 1. The average Bonchev–Trinajstić information content (AvgIpc) is 2.95. The van der Waals surface area contributed by atoms with Gasteiger partial charge in [0.05, 0.1) is 11.6 Å². The lowest BCUT2D eigenvalue weighted by molar-refractivity contribution is 0.0529. The maximum Gasteiger partial charge on any atom is 0.0702 e. The van der Waals surface area contributed by atoms with Crippen molar-refractivity contribution in [2.75, 3.05) is 26.2 Å². The molecule has 0 aliphatic carbocycles. The van der Waals surface area contributed by atoms with E-state index < -0.39 is 0 Å². The highest BCUT2D eigenvalue weighted by atomic mass is 16.5. The lowest BCUT2D eigenvalue weighted by Gasteiger charge is -2.37. The maximum absolute atomic E-state index is 5.86. The summed E-state index contributed by atoms with van der Waals surface area (Å²) in [7, 11) is 0. The number of benzene rings is 1. The number of rotatable bonds is 3. The van der Waals surface area contributed by atoms with E-state index in [9.17, 15) is 0 Å². The molecule has 1 N–H and O–H groups in total. The Labute approximate surface area is 128 Å². The minimum absolute atomic E-state index is 0.0324. The van der Waals surface area contributed by atoms with E-state index in [1.807, 2.05) is 0 Å². The van der Waals surface area contributed by atoms with Gasteiger partial charge in [-0.1, -0.05) is 30.3 Å². The first-order valence-electron chi connectivity index (χ1n) is 8.33. The number of ether oxygens (including phenoxy) is 1. The Morgan fingerprint density at radius 2 is 2.10 bits per heavy atom. The van der Waals surface area contributed by atoms with Crippen LogP contribution in [0.3, 0.4) is 0 Å². The van der Waals surface area contributed by atoms with Gasteiger partial charge < -0.3 is 10.1 Å². The third-order valence-corrected chi connectivity index (χ3v) is 5.09. The largest absolute Gasteiger partial charge is 0.377 e. The molecule has 0 radical (unpaired) electrons. The van der Waals surface area contributed by atoms with E-state index in [1.54, 1.807) is 0 Å². The van der Waals surface area contributed by atoms with Crippen LogP contribution in [-0.2, 0) is 10.3 Å².